The van der Waals surface area contributed by atoms with Crippen LogP contribution in [-0.2, 0) is 26.2 Å². The fourth-order valence-corrected chi connectivity index (χ4v) is 0.158. The van der Waals surface area contributed by atoms with Crippen molar-refractivity contribution < 1.29 is 36.8 Å². The number of hydrogen-bond donors (Lipinski definition) is 1. The molecule has 0 radical (unpaired) electrons. The van der Waals surface area contributed by atoms with Crippen LogP contribution in [0, 0.1) is 0 Å². The summed E-state index contributed by atoms with van der Waals surface area (Å²) in [6.45, 7) is 2.40. The molecule has 7 heavy (non-hydrogen) atoms. The van der Waals surface area contributed by atoms with E-state index in [1.54, 1.807) is 0 Å². The molecule has 0 aliphatic heterocycles. The van der Waals surface area contributed by atoms with Gasteiger partial charge in [0.05, 0.1) is 0 Å². The molecule has 0 heterocycles. The monoisotopic (exact) mass is 182 g/mol. The van der Waals surface area contributed by atoms with Crippen LogP contribution in [0.3, 0.4) is 0 Å². The van der Waals surface area contributed by atoms with E-state index in [0.717, 1.165) is 12.8 Å². The van der Waals surface area contributed by atoms with E-state index in [9.17, 15) is 0 Å². The molecule has 3 N–H and O–H groups in total. The summed E-state index contributed by atoms with van der Waals surface area (Å²) in [6, 6.07) is 0. The summed E-state index contributed by atoms with van der Waals surface area (Å²) in [5, 5.41) is 8.07. The molecule has 0 saturated heterocycles. The number of unbranched alkanes of at least 4 members (excludes halogenated alkanes) is 1. The molecule has 0 atom stereocenters. The number of aliphatic hydroxyl groups is 1. The largest absolute Gasteiger partial charge is 0.412 e. The Hall–Kier alpha value is 0.803. The van der Waals surface area contributed by atoms with Crippen molar-refractivity contribution in [3.8, 4) is 0 Å². The fraction of sp³-hybridized carbons (Fsp3) is 1.00. The van der Waals surface area contributed by atoms with Crippen molar-refractivity contribution in [2.24, 2.45) is 0 Å². The Balaban J connectivity index is -0.0000000800. The van der Waals surface area contributed by atoms with E-state index >= 15 is 0 Å². The van der Waals surface area contributed by atoms with Gasteiger partial charge in [-0.2, -0.15) is 0 Å². The van der Waals surface area contributed by atoms with Gasteiger partial charge in [0.25, 0.3) is 0 Å². The van der Waals surface area contributed by atoms with Gasteiger partial charge in [-0.25, -0.2) is 0 Å². The Kier molecular flexibility index (Phi) is 35.4. The third kappa shape index (κ3) is 20.0. The normalized spacial score (nSPS) is 6.00. The molecule has 0 fully saturated rings. The van der Waals surface area contributed by atoms with Gasteiger partial charge >= 0.3 is 0 Å². The zero-order valence-corrected chi connectivity index (χ0v) is 7.03. The quantitative estimate of drug-likeness (QED) is 0.641. The van der Waals surface area contributed by atoms with Gasteiger partial charge < -0.3 is 10.6 Å². The summed E-state index contributed by atoms with van der Waals surface area (Å²) in [6.07, 6.45) is 2.04. The number of aliphatic hydroxyl groups excluding tert-OH is 1. The Morgan fingerprint density at radius 3 is 1.86 bits per heavy atom. The van der Waals surface area contributed by atoms with Gasteiger partial charge in [0.15, 0.2) is 0 Å². The smallest absolute Gasteiger partial charge is 0.0430 e. The Labute approximate surface area is 63.4 Å². The van der Waals surface area contributed by atoms with Crippen LogP contribution in [0.5, 0.6) is 0 Å². The van der Waals surface area contributed by atoms with Crippen molar-refractivity contribution >= 4 is 0 Å². The SMILES string of the molecule is CCCCO.O.[Zr]. The van der Waals surface area contributed by atoms with Crippen LogP contribution in [0.15, 0.2) is 0 Å². The summed E-state index contributed by atoms with van der Waals surface area (Å²) < 4.78 is 0. The average molecular weight is 183 g/mol. The second-order valence-electron chi connectivity index (χ2n) is 1.08. The first kappa shape index (κ1) is 15.7. The fourth-order valence-electron chi connectivity index (χ4n) is 0.158. The minimum atomic E-state index is 0. The zero-order valence-electron chi connectivity index (χ0n) is 4.57. The summed E-state index contributed by atoms with van der Waals surface area (Å²) in [7, 11) is 0. The van der Waals surface area contributed by atoms with Crippen LogP contribution in [0.4, 0.5) is 0 Å². The van der Waals surface area contributed by atoms with Crippen LogP contribution in [0.2, 0.25) is 0 Å². The molecule has 0 rings (SSSR count). The first-order valence-electron chi connectivity index (χ1n) is 2.02. The molecular weight excluding hydrogens is 171 g/mol. The van der Waals surface area contributed by atoms with Crippen LogP contribution in [0.1, 0.15) is 19.8 Å². The van der Waals surface area contributed by atoms with E-state index in [2.05, 4.69) is 6.92 Å². The molecule has 0 saturated carbocycles. The molecule has 44 valence electrons. The third-order valence-electron chi connectivity index (χ3n) is 0.512. The van der Waals surface area contributed by atoms with Crippen LogP contribution in [-0.4, -0.2) is 17.2 Å². The second kappa shape index (κ2) is 15.8. The van der Waals surface area contributed by atoms with Crippen LogP contribution < -0.4 is 0 Å². The van der Waals surface area contributed by atoms with Crippen LogP contribution in [0.25, 0.3) is 0 Å². The maximum Gasteiger partial charge on any atom is 0.0430 e. The molecular formula is C4H12O2Zr. The van der Waals surface area contributed by atoms with Crippen molar-refractivity contribution in [1.29, 1.82) is 0 Å². The molecule has 0 unspecified atom stereocenters. The van der Waals surface area contributed by atoms with Gasteiger partial charge in [0.1, 0.15) is 0 Å². The van der Waals surface area contributed by atoms with Crippen molar-refractivity contribution in [2.75, 3.05) is 6.61 Å². The molecule has 0 aromatic rings. The van der Waals surface area contributed by atoms with E-state index in [0.29, 0.717) is 6.61 Å². The minimum Gasteiger partial charge on any atom is -0.412 e. The maximum absolute atomic E-state index is 8.07. The Morgan fingerprint density at radius 2 is 1.86 bits per heavy atom. The second-order valence-corrected chi connectivity index (χ2v) is 1.08. The average Bonchev–Trinajstić information content (AvgIpc) is 1.41. The topological polar surface area (TPSA) is 51.7 Å². The molecule has 0 amide bonds. The molecule has 0 aromatic carbocycles. The predicted octanol–water partition coefficient (Wildman–Crippen LogP) is -0.0484. The van der Waals surface area contributed by atoms with Crippen LogP contribution >= 0.6 is 0 Å². The summed E-state index contributed by atoms with van der Waals surface area (Å²) in [5.74, 6) is 0. The summed E-state index contributed by atoms with van der Waals surface area (Å²) >= 11 is 0. The Morgan fingerprint density at radius 1 is 1.43 bits per heavy atom. The first-order valence-corrected chi connectivity index (χ1v) is 2.02. The van der Waals surface area contributed by atoms with Gasteiger partial charge in [-0.1, -0.05) is 13.3 Å². The van der Waals surface area contributed by atoms with Crippen molar-refractivity contribution in [3.05, 3.63) is 0 Å². The molecule has 0 aliphatic carbocycles. The van der Waals surface area contributed by atoms with Crippen molar-refractivity contribution in [1.82, 2.24) is 0 Å². The molecule has 0 bridgehead atoms. The standard InChI is InChI=1S/C4H10O.H2O.Zr/c1-2-3-4-5;;/h5H,2-4H2,1H3;1H2;. The molecule has 3 heteroatoms. The van der Waals surface area contributed by atoms with E-state index in [1.807, 2.05) is 0 Å². The van der Waals surface area contributed by atoms with Gasteiger partial charge in [-0.15, -0.1) is 0 Å². The van der Waals surface area contributed by atoms with Gasteiger partial charge in [-0.3, -0.25) is 0 Å². The molecule has 2 nitrogen and oxygen atoms in total. The van der Waals surface area contributed by atoms with E-state index < -0.39 is 0 Å². The van der Waals surface area contributed by atoms with Gasteiger partial charge in [0.2, 0.25) is 0 Å². The minimum absolute atomic E-state index is 0. The first-order chi connectivity index (χ1) is 2.41. The van der Waals surface area contributed by atoms with E-state index in [-0.39, 0.29) is 31.7 Å². The summed E-state index contributed by atoms with van der Waals surface area (Å²) in [4.78, 5) is 0. The zero-order chi connectivity index (χ0) is 4.12. The van der Waals surface area contributed by atoms with E-state index in [1.165, 1.54) is 0 Å². The van der Waals surface area contributed by atoms with Gasteiger partial charge in [0, 0.05) is 32.8 Å². The number of rotatable bonds is 2. The summed E-state index contributed by atoms with van der Waals surface area (Å²) in [5.41, 5.74) is 0. The molecule has 0 aliphatic rings. The van der Waals surface area contributed by atoms with Crippen molar-refractivity contribution in [3.63, 3.8) is 0 Å². The number of hydrogen-bond acceptors (Lipinski definition) is 1. The third-order valence-corrected chi connectivity index (χ3v) is 0.512. The molecule has 0 spiro atoms. The maximum atomic E-state index is 8.07. The van der Waals surface area contributed by atoms with Gasteiger partial charge in [-0.05, 0) is 6.42 Å². The van der Waals surface area contributed by atoms with Crippen molar-refractivity contribution in [2.45, 2.75) is 19.8 Å². The van der Waals surface area contributed by atoms with E-state index in [4.69, 9.17) is 5.11 Å². The molecule has 0 aromatic heterocycles. The Bertz CT molecular complexity index is 17.2. The predicted molar refractivity (Wildman–Crippen MR) is 25.6 cm³/mol.